The molecule has 0 bridgehead atoms. The monoisotopic (exact) mass is 224 g/mol. The number of pyridine rings is 1. The molecule has 5 nitrogen and oxygen atoms in total. The van der Waals surface area contributed by atoms with Gasteiger partial charge in [-0.3, -0.25) is 4.79 Å². The highest BCUT2D eigenvalue weighted by Gasteiger charge is 2.06. The molecule has 0 aliphatic carbocycles. The number of amides is 1. The topological polar surface area (TPSA) is 71.5 Å². The number of aliphatic hydroxyl groups excluding tert-OH is 1. The molecule has 1 rings (SSSR count). The second-order valence-electron chi connectivity index (χ2n) is 3.53. The second kappa shape index (κ2) is 6.07. The smallest absolute Gasteiger partial charge is 0.252 e. The number of nitrogens with one attached hydrogen (secondary N) is 1. The minimum atomic E-state index is -0.252. The van der Waals surface area contributed by atoms with Crippen LogP contribution < -0.4 is 10.1 Å². The maximum Gasteiger partial charge on any atom is 0.252 e. The molecule has 0 aliphatic heterocycles. The van der Waals surface area contributed by atoms with Crippen LogP contribution in [0, 0.1) is 0 Å². The number of rotatable bonds is 5. The molecule has 1 heterocycles. The zero-order chi connectivity index (χ0) is 12.0. The molecule has 0 aliphatic rings. The highest BCUT2D eigenvalue weighted by Crippen LogP contribution is 2.09. The molecular weight excluding hydrogens is 208 g/mol. The summed E-state index contributed by atoms with van der Waals surface area (Å²) in [6.45, 7) is 3.98. The van der Waals surface area contributed by atoms with E-state index in [9.17, 15) is 4.79 Å². The van der Waals surface area contributed by atoms with E-state index in [4.69, 9.17) is 9.84 Å². The molecule has 1 amide bonds. The van der Waals surface area contributed by atoms with Crippen molar-refractivity contribution in [1.82, 2.24) is 10.3 Å². The molecule has 16 heavy (non-hydrogen) atoms. The van der Waals surface area contributed by atoms with Crippen LogP contribution in [0.3, 0.4) is 0 Å². The van der Waals surface area contributed by atoms with E-state index in [1.165, 1.54) is 6.20 Å². The predicted octanol–water partition coefficient (Wildman–Crippen LogP) is 0.591. The van der Waals surface area contributed by atoms with Gasteiger partial charge >= 0.3 is 0 Å². The molecule has 0 aromatic carbocycles. The van der Waals surface area contributed by atoms with Crippen LogP contribution in [0.1, 0.15) is 24.2 Å². The summed E-state index contributed by atoms with van der Waals surface area (Å²) in [6, 6.07) is 3.28. The van der Waals surface area contributed by atoms with Gasteiger partial charge in [-0.05, 0) is 19.9 Å². The van der Waals surface area contributed by atoms with Gasteiger partial charge < -0.3 is 15.2 Å². The zero-order valence-corrected chi connectivity index (χ0v) is 9.43. The molecule has 0 atom stereocenters. The molecule has 0 radical (unpaired) electrons. The minimum absolute atomic E-state index is 0.0570. The first kappa shape index (κ1) is 12.4. The lowest BCUT2D eigenvalue weighted by Gasteiger charge is -2.08. The summed E-state index contributed by atoms with van der Waals surface area (Å²) in [5, 5.41) is 11.1. The largest absolute Gasteiger partial charge is 0.475 e. The first-order chi connectivity index (χ1) is 7.63. The summed E-state index contributed by atoms with van der Waals surface area (Å²) >= 11 is 0. The fraction of sp³-hybridized carbons (Fsp3) is 0.455. The molecule has 0 saturated carbocycles. The van der Waals surface area contributed by atoms with E-state index in [0.29, 0.717) is 11.4 Å². The Kier molecular flexibility index (Phi) is 4.72. The highest BCUT2D eigenvalue weighted by molar-refractivity contribution is 5.93. The van der Waals surface area contributed by atoms with Crippen molar-refractivity contribution in [2.24, 2.45) is 0 Å². The number of carbonyl (C=O) groups is 1. The molecule has 2 N–H and O–H groups in total. The summed E-state index contributed by atoms with van der Waals surface area (Å²) < 4.78 is 5.35. The first-order valence-electron chi connectivity index (χ1n) is 5.15. The average molecular weight is 224 g/mol. The maximum absolute atomic E-state index is 11.4. The van der Waals surface area contributed by atoms with Crippen molar-refractivity contribution in [2.75, 3.05) is 13.2 Å². The number of aliphatic hydroxyl groups is 1. The molecule has 5 heteroatoms. The Balaban J connectivity index is 2.60. The lowest BCUT2D eigenvalue weighted by atomic mass is 10.2. The number of hydrogen-bond acceptors (Lipinski definition) is 4. The van der Waals surface area contributed by atoms with Gasteiger partial charge in [-0.25, -0.2) is 4.98 Å². The number of hydrogen-bond donors (Lipinski definition) is 2. The lowest BCUT2D eigenvalue weighted by Crippen LogP contribution is -2.26. The molecule has 0 fully saturated rings. The molecule has 1 aromatic rings. The van der Waals surface area contributed by atoms with Crippen LogP contribution in [0.4, 0.5) is 0 Å². The summed E-state index contributed by atoms with van der Waals surface area (Å²) in [4.78, 5) is 15.4. The van der Waals surface area contributed by atoms with Gasteiger partial charge in [0.2, 0.25) is 5.88 Å². The molecular formula is C11H16N2O3. The van der Waals surface area contributed by atoms with Gasteiger partial charge in [0.05, 0.1) is 18.3 Å². The summed E-state index contributed by atoms with van der Waals surface area (Å²) in [5.41, 5.74) is 0.449. The Hall–Kier alpha value is -1.62. The van der Waals surface area contributed by atoms with Gasteiger partial charge in [0.25, 0.3) is 5.91 Å². The Labute approximate surface area is 94.5 Å². The Morgan fingerprint density at radius 2 is 2.31 bits per heavy atom. The predicted molar refractivity (Wildman–Crippen MR) is 59.4 cm³/mol. The first-order valence-corrected chi connectivity index (χ1v) is 5.15. The van der Waals surface area contributed by atoms with E-state index < -0.39 is 0 Å². The minimum Gasteiger partial charge on any atom is -0.475 e. The van der Waals surface area contributed by atoms with Crippen molar-refractivity contribution in [2.45, 2.75) is 20.0 Å². The van der Waals surface area contributed by atoms with Crippen molar-refractivity contribution < 1.29 is 14.6 Å². The van der Waals surface area contributed by atoms with Crippen LogP contribution in [0.2, 0.25) is 0 Å². The Bertz CT molecular complexity index is 336. The van der Waals surface area contributed by atoms with E-state index in [2.05, 4.69) is 10.3 Å². The van der Waals surface area contributed by atoms with Crippen LogP contribution >= 0.6 is 0 Å². The van der Waals surface area contributed by atoms with Crippen LogP contribution in [0.25, 0.3) is 0 Å². The van der Waals surface area contributed by atoms with Gasteiger partial charge in [-0.1, -0.05) is 0 Å². The SMILES string of the molecule is CC(C)Oc1ccc(C(=O)NCCO)cn1. The highest BCUT2D eigenvalue weighted by atomic mass is 16.5. The van der Waals surface area contributed by atoms with Crippen molar-refractivity contribution in [3.63, 3.8) is 0 Å². The van der Waals surface area contributed by atoms with Gasteiger partial charge in [0, 0.05) is 18.8 Å². The summed E-state index contributed by atoms with van der Waals surface area (Å²) in [5.74, 6) is 0.242. The summed E-state index contributed by atoms with van der Waals surface area (Å²) in [6.07, 6.45) is 1.51. The van der Waals surface area contributed by atoms with E-state index in [1.807, 2.05) is 13.8 Å². The molecule has 0 spiro atoms. The van der Waals surface area contributed by atoms with Crippen molar-refractivity contribution in [3.8, 4) is 5.88 Å². The van der Waals surface area contributed by atoms with Crippen molar-refractivity contribution in [3.05, 3.63) is 23.9 Å². The van der Waals surface area contributed by atoms with Gasteiger partial charge in [-0.2, -0.15) is 0 Å². The third-order valence-corrected chi connectivity index (χ3v) is 1.75. The van der Waals surface area contributed by atoms with Crippen molar-refractivity contribution >= 4 is 5.91 Å². The normalized spacial score (nSPS) is 10.2. The van der Waals surface area contributed by atoms with Gasteiger partial charge in [-0.15, -0.1) is 0 Å². The molecule has 1 aromatic heterocycles. The van der Waals surface area contributed by atoms with E-state index in [0.717, 1.165) is 0 Å². The number of aromatic nitrogens is 1. The Morgan fingerprint density at radius 1 is 1.56 bits per heavy atom. The lowest BCUT2D eigenvalue weighted by molar-refractivity contribution is 0.0944. The average Bonchev–Trinajstić information content (AvgIpc) is 2.26. The van der Waals surface area contributed by atoms with E-state index in [1.54, 1.807) is 12.1 Å². The van der Waals surface area contributed by atoms with Gasteiger partial charge in [0.15, 0.2) is 0 Å². The third-order valence-electron chi connectivity index (χ3n) is 1.75. The Morgan fingerprint density at radius 3 is 2.81 bits per heavy atom. The quantitative estimate of drug-likeness (QED) is 0.768. The van der Waals surface area contributed by atoms with Gasteiger partial charge in [0.1, 0.15) is 0 Å². The zero-order valence-electron chi connectivity index (χ0n) is 9.43. The molecule has 88 valence electrons. The number of carbonyl (C=O) groups excluding carboxylic acids is 1. The maximum atomic E-state index is 11.4. The van der Waals surface area contributed by atoms with Crippen LogP contribution in [0.15, 0.2) is 18.3 Å². The number of ether oxygens (including phenoxy) is 1. The standard InChI is InChI=1S/C11H16N2O3/c1-8(2)16-10-4-3-9(7-13-10)11(15)12-5-6-14/h3-4,7-8,14H,5-6H2,1-2H3,(H,12,15). The van der Waals surface area contributed by atoms with Crippen LogP contribution in [-0.4, -0.2) is 35.3 Å². The molecule has 0 unspecified atom stereocenters. The van der Waals surface area contributed by atoms with Crippen LogP contribution in [0.5, 0.6) is 5.88 Å². The molecule has 0 saturated heterocycles. The van der Waals surface area contributed by atoms with Crippen LogP contribution in [-0.2, 0) is 0 Å². The summed E-state index contributed by atoms with van der Waals surface area (Å²) in [7, 11) is 0. The second-order valence-corrected chi connectivity index (χ2v) is 3.53. The fourth-order valence-electron chi connectivity index (χ4n) is 1.10. The van der Waals surface area contributed by atoms with E-state index >= 15 is 0 Å². The van der Waals surface area contributed by atoms with E-state index in [-0.39, 0.29) is 25.2 Å². The third kappa shape index (κ3) is 3.86. The van der Waals surface area contributed by atoms with Crippen molar-refractivity contribution in [1.29, 1.82) is 0 Å². The fourth-order valence-corrected chi connectivity index (χ4v) is 1.10. The number of nitrogens with zero attached hydrogens (tertiary/aromatic N) is 1.